The van der Waals surface area contributed by atoms with Crippen LogP contribution in [0, 0.1) is 11.6 Å². The molecule has 0 aliphatic heterocycles. The SMILES string of the molecule is O=C(Nc1ccc(F)cc1F)c1cccn(Cc2cc(C(F)(F)F)cc(C(F)(F)F)c2)c1=O. The molecule has 0 saturated heterocycles. The summed E-state index contributed by atoms with van der Waals surface area (Å²) in [5, 5.41) is 2.05. The van der Waals surface area contributed by atoms with Gasteiger partial charge in [-0.2, -0.15) is 26.3 Å². The molecular weight excluding hydrogens is 464 g/mol. The minimum Gasteiger partial charge on any atom is -0.319 e. The number of carbonyl (C=O) groups is 1. The lowest BCUT2D eigenvalue weighted by Crippen LogP contribution is -2.29. The Hall–Kier alpha value is -3.70. The third-order valence-corrected chi connectivity index (χ3v) is 4.44. The molecular formula is C21H12F8N2O2. The minimum atomic E-state index is -5.07. The zero-order chi connectivity index (χ0) is 24.6. The van der Waals surface area contributed by atoms with Gasteiger partial charge in [-0.25, -0.2) is 8.78 Å². The maximum Gasteiger partial charge on any atom is 0.416 e. The minimum absolute atomic E-state index is 0.0482. The Morgan fingerprint density at radius 1 is 0.879 bits per heavy atom. The summed E-state index contributed by atoms with van der Waals surface area (Å²) < 4.78 is 106. The van der Waals surface area contributed by atoms with Crippen molar-refractivity contribution in [2.24, 2.45) is 0 Å². The van der Waals surface area contributed by atoms with Gasteiger partial charge in [0.1, 0.15) is 17.2 Å². The molecule has 0 spiro atoms. The number of nitrogens with zero attached hydrogens (tertiary/aromatic N) is 1. The van der Waals surface area contributed by atoms with Gasteiger partial charge in [0.05, 0.1) is 23.4 Å². The quantitative estimate of drug-likeness (QED) is 0.509. The number of hydrogen-bond donors (Lipinski definition) is 1. The molecule has 0 saturated carbocycles. The first-order valence-corrected chi connectivity index (χ1v) is 9.00. The number of hydrogen-bond acceptors (Lipinski definition) is 2. The predicted octanol–water partition coefficient (Wildman–Crippen LogP) is 5.46. The molecule has 1 aromatic heterocycles. The Balaban J connectivity index is 1.95. The van der Waals surface area contributed by atoms with E-state index >= 15 is 0 Å². The lowest BCUT2D eigenvalue weighted by molar-refractivity contribution is -0.143. The number of carbonyl (C=O) groups excluding carboxylic acids is 1. The normalized spacial score (nSPS) is 12.0. The highest BCUT2D eigenvalue weighted by molar-refractivity contribution is 6.04. The van der Waals surface area contributed by atoms with Crippen LogP contribution in [0.4, 0.5) is 40.8 Å². The van der Waals surface area contributed by atoms with Crippen molar-refractivity contribution in [2.75, 3.05) is 5.32 Å². The van der Waals surface area contributed by atoms with E-state index in [-0.39, 0.29) is 6.07 Å². The van der Waals surface area contributed by atoms with Gasteiger partial charge in [-0.05, 0) is 48.0 Å². The van der Waals surface area contributed by atoms with Crippen molar-refractivity contribution in [3.63, 3.8) is 0 Å². The molecule has 0 bridgehead atoms. The van der Waals surface area contributed by atoms with Crippen molar-refractivity contribution < 1.29 is 39.9 Å². The molecule has 1 N–H and O–H groups in total. The van der Waals surface area contributed by atoms with Crippen LogP contribution in [0.3, 0.4) is 0 Å². The smallest absolute Gasteiger partial charge is 0.319 e. The summed E-state index contributed by atoms with van der Waals surface area (Å²) in [6.45, 7) is -0.710. The number of nitrogens with one attached hydrogen (secondary N) is 1. The number of anilines is 1. The average molecular weight is 476 g/mol. The summed E-state index contributed by atoms with van der Waals surface area (Å²) >= 11 is 0. The molecule has 0 atom stereocenters. The highest BCUT2D eigenvalue weighted by atomic mass is 19.4. The van der Waals surface area contributed by atoms with Crippen molar-refractivity contribution in [3.8, 4) is 0 Å². The number of benzene rings is 2. The molecule has 4 nitrogen and oxygen atoms in total. The third-order valence-electron chi connectivity index (χ3n) is 4.44. The van der Waals surface area contributed by atoms with Gasteiger partial charge < -0.3 is 9.88 Å². The average Bonchev–Trinajstić information content (AvgIpc) is 2.70. The number of amides is 1. The summed E-state index contributed by atoms with van der Waals surface area (Å²) in [5.74, 6) is -3.14. The maximum absolute atomic E-state index is 13.7. The van der Waals surface area contributed by atoms with E-state index in [4.69, 9.17) is 0 Å². The fourth-order valence-electron chi connectivity index (χ4n) is 2.92. The van der Waals surface area contributed by atoms with Crippen LogP contribution in [-0.4, -0.2) is 10.5 Å². The number of pyridine rings is 1. The van der Waals surface area contributed by atoms with Crippen LogP contribution in [0.25, 0.3) is 0 Å². The Bertz CT molecular complexity index is 1230. The van der Waals surface area contributed by atoms with E-state index in [0.717, 1.165) is 35.0 Å². The fourth-order valence-corrected chi connectivity index (χ4v) is 2.92. The summed E-state index contributed by atoms with van der Waals surface area (Å²) in [7, 11) is 0. The topological polar surface area (TPSA) is 51.1 Å². The summed E-state index contributed by atoms with van der Waals surface area (Å²) in [5.41, 5.74) is -5.65. The first kappa shape index (κ1) is 24.0. The van der Waals surface area contributed by atoms with Crippen molar-refractivity contribution in [1.29, 1.82) is 0 Å². The van der Waals surface area contributed by atoms with E-state index in [2.05, 4.69) is 5.32 Å². The molecule has 0 aliphatic carbocycles. The van der Waals surface area contributed by atoms with Gasteiger partial charge in [0.2, 0.25) is 0 Å². The third kappa shape index (κ3) is 5.57. The van der Waals surface area contributed by atoms with E-state index in [0.29, 0.717) is 18.2 Å². The Labute approximate surface area is 180 Å². The summed E-state index contributed by atoms with van der Waals surface area (Å²) in [4.78, 5) is 25.0. The zero-order valence-corrected chi connectivity index (χ0v) is 16.2. The van der Waals surface area contributed by atoms with Crippen LogP contribution in [0.15, 0.2) is 59.5 Å². The second kappa shape index (κ2) is 8.68. The van der Waals surface area contributed by atoms with Crippen molar-refractivity contribution in [3.05, 3.63) is 99.0 Å². The van der Waals surface area contributed by atoms with Gasteiger partial charge in [-0.15, -0.1) is 0 Å². The number of rotatable bonds is 4. The molecule has 174 valence electrons. The van der Waals surface area contributed by atoms with Crippen molar-refractivity contribution in [1.82, 2.24) is 4.57 Å². The van der Waals surface area contributed by atoms with Crippen LogP contribution in [-0.2, 0) is 18.9 Å². The van der Waals surface area contributed by atoms with E-state index in [9.17, 15) is 44.7 Å². The van der Waals surface area contributed by atoms with Gasteiger partial charge in [0.25, 0.3) is 11.5 Å². The molecule has 1 amide bonds. The van der Waals surface area contributed by atoms with Crippen LogP contribution in [0.1, 0.15) is 27.0 Å². The molecule has 0 fully saturated rings. The van der Waals surface area contributed by atoms with Crippen LogP contribution >= 0.6 is 0 Å². The Kier molecular flexibility index (Phi) is 6.30. The van der Waals surface area contributed by atoms with Gasteiger partial charge in [0, 0.05) is 12.3 Å². The molecule has 12 heteroatoms. The molecule has 0 unspecified atom stereocenters. The van der Waals surface area contributed by atoms with Gasteiger partial charge >= 0.3 is 12.4 Å². The zero-order valence-electron chi connectivity index (χ0n) is 16.2. The van der Waals surface area contributed by atoms with Gasteiger partial charge in [0.15, 0.2) is 0 Å². The van der Waals surface area contributed by atoms with Crippen molar-refractivity contribution in [2.45, 2.75) is 18.9 Å². The molecule has 33 heavy (non-hydrogen) atoms. The monoisotopic (exact) mass is 476 g/mol. The number of alkyl halides is 6. The van der Waals surface area contributed by atoms with Crippen LogP contribution < -0.4 is 10.9 Å². The first-order chi connectivity index (χ1) is 15.3. The molecule has 1 heterocycles. The standard InChI is InChI=1S/C21H12F8N2O2/c22-14-3-4-17(16(23)9-14)30-18(32)15-2-1-5-31(19(15)33)10-11-6-12(20(24,25)26)8-13(7-11)21(27,28)29/h1-9H,10H2,(H,30,32). The molecule has 0 radical (unpaired) electrons. The van der Waals surface area contributed by atoms with Crippen LogP contribution in [0.2, 0.25) is 0 Å². The van der Waals surface area contributed by atoms with E-state index < -0.39 is 69.9 Å². The van der Waals surface area contributed by atoms with E-state index in [1.54, 1.807) is 0 Å². The lowest BCUT2D eigenvalue weighted by Gasteiger charge is -2.15. The fraction of sp³-hybridized carbons (Fsp3) is 0.143. The second-order valence-corrected chi connectivity index (χ2v) is 6.85. The molecule has 2 aromatic carbocycles. The Morgan fingerprint density at radius 3 is 2.03 bits per heavy atom. The van der Waals surface area contributed by atoms with Gasteiger partial charge in [-0.1, -0.05) is 0 Å². The highest BCUT2D eigenvalue weighted by Gasteiger charge is 2.36. The molecule has 0 aliphatic rings. The van der Waals surface area contributed by atoms with E-state index in [1.807, 2.05) is 0 Å². The number of halogens is 8. The van der Waals surface area contributed by atoms with E-state index in [1.165, 1.54) is 0 Å². The largest absolute Gasteiger partial charge is 0.416 e. The summed E-state index contributed by atoms with van der Waals surface area (Å²) in [6, 6.07) is 5.32. The number of aromatic nitrogens is 1. The predicted molar refractivity (Wildman–Crippen MR) is 101 cm³/mol. The van der Waals surface area contributed by atoms with Crippen molar-refractivity contribution >= 4 is 11.6 Å². The summed E-state index contributed by atoms with van der Waals surface area (Å²) in [6.07, 6.45) is -9.07. The van der Waals surface area contributed by atoms with Gasteiger partial charge in [-0.3, -0.25) is 9.59 Å². The molecule has 3 aromatic rings. The highest BCUT2D eigenvalue weighted by Crippen LogP contribution is 2.36. The first-order valence-electron chi connectivity index (χ1n) is 9.00. The second-order valence-electron chi connectivity index (χ2n) is 6.85. The lowest BCUT2D eigenvalue weighted by atomic mass is 10.0. The van der Waals surface area contributed by atoms with Crippen LogP contribution in [0.5, 0.6) is 0 Å². The maximum atomic E-state index is 13.7. The Morgan fingerprint density at radius 2 is 1.48 bits per heavy atom. The molecule has 3 rings (SSSR count).